The van der Waals surface area contributed by atoms with Crippen LogP contribution in [-0.2, 0) is 43.5 Å². The molecule has 6 aromatic carbocycles. The predicted molar refractivity (Wildman–Crippen MR) is 422 cm³/mol. The summed E-state index contributed by atoms with van der Waals surface area (Å²) in [5.74, 6) is 0.102. The molecule has 0 spiro atoms. The van der Waals surface area contributed by atoms with Gasteiger partial charge in [-0.25, -0.2) is 38.9 Å². The fraction of sp³-hybridized carbons (Fsp3) is 0.263. The van der Waals surface area contributed by atoms with Crippen molar-refractivity contribution >= 4 is 152 Å². The molecule has 0 saturated carbocycles. The Labute approximate surface area is 638 Å². The van der Waals surface area contributed by atoms with E-state index in [9.17, 15) is 38.4 Å². The average Bonchev–Trinajstić information content (AvgIpc) is 0.773. The number of amides is 11. The highest BCUT2D eigenvalue weighted by Gasteiger charge is 2.38. The number of rotatable bonds is 15. The Bertz CT molecular complexity index is 4670. The minimum Gasteiger partial charge on any atom is -0.444 e. The first-order chi connectivity index (χ1) is 50.5. The fourth-order valence-electron chi connectivity index (χ4n) is 11.1. The van der Waals surface area contributed by atoms with Crippen molar-refractivity contribution < 1.29 is 47.8 Å². The van der Waals surface area contributed by atoms with Gasteiger partial charge < -0.3 is 25.4 Å². The van der Waals surface area contributed by atoms with Crippen molar-refractivity contribution in [3.05, 3.63) is 233 Å². The molecule has 12 rings (SSSR count). The molecule has 0 saturated heterocycles. The molecule has 107 heavy (non-hydrogen) atoms. The molecule has 6 heterocycles. The minimum atomic E-state index is -0.824. The number of para-hydroxylation sites is 4. The lowest BCUT2D eigenvalue weighted by Crippen LogP contribution is -2.46. The molecule has 3 N–H and O–H groups in total. The van der Waals surface area contributed by atoms with Crippen LogP contribution in [0.25, 0.3) is 0 Å². The van der Waals surface area contributed by atoms with E-state index < -0.39 is 47.3 Å². The molecule has 0 radical (unpaired) electrons. The predicted octanol–water partition coefficient (Wildman–Crippen LogP) is 18.2. The van der Waals surface area contributed by atoms with Gasteiger partial charge in [0.2, 0.25) is 17.7 Å². The third-order valence-corrected chi connectivity index (χ3v) is 17.8. The number of carbonyl (C=O) groups is 8. The highest BCUT2D eigenvalue weighted by atomic mass is 35.5. The molecular formula is C80H85Cl3N14O10. The number of fused-ring (bicyclic) bond motifs is 3. The van der Waals surface area contributed by atoms with E-state index in [0.717, 1.165) is 34.9 Å². The SMILES string of the molecule is CC[C@@H](C)C(=O)Nc1ccc2c(n1)CN(c1ccccc1)C(=O)N2c1ccccc1.C[C@@H](C(=O)Nc1ccc2c(n1)CN(c1ccc(Cl)cc1)C(=O)N2c1ccc(Cl)cc1)N(C)C(=O)OC(C)(C)C.C[C@@H](C(=O)Nc1ccc2c(n1)CN(c1ccccc1)C(=O)N2c1ccccc1)N(C)C(=O)OC(C)(C)C.Cl. The molecule has 11 amide bonds. The normalized spacial score (nSPS) is 13.9. The summed E-state index contributed by atoms with van der Waals surface area (Å²) >= 11 is 12.1. The first-order valence-electron chi connectivity index (χ1n) is 34.4. The second-order valence-electron chi connectivity index (χ2n) is 27.2. The summed E-state index contributed by atoms with van der Waals surface area (Å²) in [6.07, 6.45) is -0.446. The molecule has 3 atom stereocenters. The molecule has 3 aromatic heterocycles. The summed E-state index contributed by atoms with van der Waals surface area (Å²) in [5, 5.41) is 9.54. The summed E-state index contributed by atoms with van der Waals surface area (Å²) in [6, 6.07) is 59.7. The number of nitrogens with zero attached hydrogens (tertiary/aromatic N) is 11. The Hall–Kier alpha value is -11.6. The van der Waals surface area contributed by atoms with Crippen LogP contribution in [0, 0.1) is 5.92 Å². The van der Waals surface area contributed by atoms with Gasteiger partial charge in [-0.1, -0.05) is 110 Å². The van der Waals surface area contributed by atoms with E-state index in [-0.39, 0.29) is 61.2 Å². The number of anilines is 12. The van der Waals surface area contributed by atoms with Crippen LogP contribution in [0.1, 0.15) is 92.7 Å². The molecule has 0 fully saturated rings. The van der Waals surface area contributed by atoms with Crippen LogP contribution in [0.15, 0.2) is 206 Å². The smallest absolute Gasteiger partial charge is 0.410 e. The average molecular weight is 1510 g/mol. The lowest BCUT2D eigenvalue weighted by Gasteiger charge is -2.36. The van der Waals surface area contributed by atoms with Gasteiger partial charge in [0.1, 0.15) is 40.7 Å². The lowest BCUT2D eigenvalue weighted by atomic mass is 10.1. The molecule has 0 bridgehead atoms. The number of carbonyl (C=O) groups excluding carboxylic acids is 8. The van der Waals surface area contributed by atoms with Gasteiger partial charge in [-0.15, -0.1) is 12.4 Å². The zero-order valence-corrected chi connectivity index (χ0v) is 63.7. The van der Waals surface area contributed by atoms with E-state index >= 15 is 0 Å². The number of likely N-dealkylation sites (N-methyl/N-ethyl adjacent to an activating group) is 2. The van der Waals surface area contributed by atoms with Gasteiger partial charge >= 0.3 is 30.3 Å². The van der Waals surface area contributed by atoms with Gasteiger partial charge in [0.15, 0.2) is 0 Å². The van der Waals surface area contributed by atoms with Crippen molar-refractivity contribution in [2.75, 3.05) is 59.4 Å². The Kier molecular flexibility index (Phi) is 25.7. The summed E-state index contributed by atoms with van der Waals surface area (Å²) in [6.45, 7) is 18.4. The van der Waals surface area contributed by atoms with Crippen LogP contribution in [0.4, 0.5) is 92.6 Å². The molecule has 0 unspecified atom stereocenters. The number of aromatic nitrogens is 3. The second kappa shape index (κ2) is 34.5. The topological polar surface area (TPSA) is 256 Å². The summed E-state index contributed by atoms with van der Waals surface area (Å²) in [7, 11) is 3.01. The Morgan fingerprint density at radius 2 is 0.673 bits per heavy atom. The third kappa shape index (κ3) is 19.5. The number of urea groups is 3. The first kappa shape index (κ1) is 79.5. The standard InChI is InChI=1S/C28H29Cl2N5O4.C28H31N5O4.C24H24N4O2.ClH/c1-17(33(5)27(38)39-28(2,3)4)25(36)32-24-15-14-23-22(31-24)16-34(20-10-6-18(29)7-11-20)26(37)35(23)21-12-8-19(30)9-13-21;1-19(31(5)27(36)37-28(2,3)4)25(34)30-24-17-16-23-22(29-24)18-32(20-12-8-6-9-13-20)26(35)33(23)21-14-10-7-11-15-21;1-3-17(2)23(29)26-22-15-14-21-20(25-22)16-27(18-10-6-4-7-11-18)24(30)28(21)19-12-8-5-9-13-19;/h6-15,17H,16H2,1-5H3,(H,31,32,36);6-17,19H,18H2,1-5H3,(H,29,30,34);4-15,17H,3,16H2,1-2H3,(H,25,26,29);1H/t17-;19-;17-;/m001./s1. The van der Waals surface area contributed by atoms with Gasteiger partial charge in [-0.3, -0.25) is 53.6 Å². The van der Waals surface area contributed by atoms with Crippen molar-refractivity contribution in [3.63, 3.8) is 0 Å². The number of hydrogen-bond donors (Lipinski definition) is 3. The molecule has 27 heteroatoms. The quantitative estimate of drug-likeness (QED) is 0.0864. The number of hydrogen-bond acceptors (Lipinski definition) is 13. The van der Waals surface area contributed by atoms with Crippen molar-refractivity contribution in [2.24, 2.45) is 5.92 Å². The monoisotopic (exact) mass is 1510 g/mol. The highest BCUT2D eigenvalue weighted by Crippen LogP contribution is 2.41. The van der Waals surface area contributed by atoms with Gasteiger partial charge in [0, 0.05) is 47.1 Å². The van der Waals surface area contributed by atoms with E-state index in [1.807, 2.05) is 141 Å². The Balaban J connectivity index is 0.000000186. The molecule has 24 nitrogen and oxygen atoms in total. The van der Waals surface area contributed by atoms with E-state index in [2.05, 4.69) is 30.9 Å². The summed E-state index contributed by atoms with van der Waals surface area (Å²) < 4.78 is 10.7. The number of nitrogens with one attached hydrogen (secondary N) is 3. The fourth-order valence-corrected chi connectivity index (χ4v) is 11.4. The van der Waals surface area contributed by atoms with Gasteiger partial charge in [-0.05, 0) is 195 Å². The number of benzene rings is 6. The third-order valence-electron chi connectivity index (χ3n) is 17.2. The van der Waals surface area contributed by atoms with E-state index in [1.54, 1.807) is 164 Å². The number of halogens is 3. The van der Waals surface area contributed by atoms with Crippen LogP contribution >= 0.6 is 35.6 Å². The van der Waals surface area contributed by atoms with Crippen molar-refractivity contribution in [3.8, 4) is 0 Å². The molecule has 9 aromatic rings. The summed E-state index contributed by atoms with van der Waals surface area (Å²) in [4.78, 5) is 130. The molecule has 0 aliphatic carbocycles. The largest absolute Gasteiger partial charge is 0.444 e. The maximum Gasteiger partial charge on any atom is 0.410 e. The maximum atomic E-state index is 13.7. The minimum absolute atomic E-state index is 0. The maximum absolute atomic E-state index is 13.7. The van der Waals surface area contributed by atoms with Gasteiger partial charge in [0.25, 0.3) is 0 Å². The van der Waals surface area contributed by atoms with Gasteiger partial charge in [-0.2, -0.15) is 0 Å². The second-order valence-corrected chi connectivity index (χ2v) is 28.1. The zero-order valence-electron chi connectivity index (χ0n) is 61.4. The van der Waals surface area contributed by atoms with E-state index in [0.29, 0.717) is 68.1 Å². The Morgan fingerprint density at radius 1 is 0.411 bits per heavy atom. The van der Waals surface area contributed by atoms with Crippen LogP contribution in [0.2, 0.25) is 10.0 Å². The Morgan fingerprint density at radius 3 is 0.963 bits per heavy atom. The van der Waals surface area contributed by atoms with Crippen molar-refractivity contribution in [2.45, 2.75) is 119 Å². The lowest BCUT2D eigenvalue weighted by molar-refractivity contribution is -0.121. The number of pyridine rings is 3. The van der Waals surface area contributed by atoms with Crippen LogP contribution < -0.4 is 45.3 Å². The number of ether oxygens (including phenoxy) is 2. The molecule has 3 aliphatic heterocycles. The van der Waals surface area contributed by atoms with E-state index in [4.69, 9.17) is 32.7 Å². The molecule has 3 aliphatic rings. The highest BCUT2D eigenvalue weighted by molar-refractivity contribution is 6.31. The summed E-state index contributed by atoms with van der Waals surface area (Å²) in [5.41, 5.74) is 6.74. The van der Waals surface area contributed by atoms with Gasteiger partial charge in [0.05, 0.1) is 70.8 Å². The van der Waals surface area contributed by atoms with E-state index in [1.165, 1.54) is 23.9 Å². The first-order valence-corrected chi connectivity index (χ1v) is 35.1. The van der Waals surface area contributed by atoms with Crippen molar-refractivity contribution in [1.29, 1.82) is 0 Å². The molecular weight excluding hydrogens is 1420 g/mol. The molecule has 556 valence electrons. The van der Waals surface area contributed by atoms with Crippen LogP contribution in [0.3, 0.4) is 0 Å². The van der Waals surface area contributed by atoms with Crippen LogP contribution in [-0.4, -0.2) is 110 Å². The zero-order chi connectivity index (χ0) is 76.3. The van der Waals surface area contributed by atoms with Crippen molar-refractivity contribution in [1.82, 2.24) is 24.8 Å². The van der Waals surface area contributed by atoms with Crippen LogP contribution in [0.5, 0.6) is 0 Å².